The summed E-state index contributed by atoms with van der Waals surface area (Å²) in [5.74, 6) is 0.669. The van der Waals surface area contributed by atoms with Crippen molar-refractivity contribution in [1.82, 2.24) is 0 Å². The number of nitrogens with zero attached hydrogens (tertiary/aromatic N) is 1. The smallest absolute Gasteiger partial charge is 0.311 e. The van der Waals surface area contributed by atoms with Gasteiger partial charge in [0.2, 0.25) is 0 Å². The molecule has 3 aromatic rings. The number of hydrogen-bond acceptors (Lipinski definition) is 8. The summed E-state index contributed by atoms with van der Waals surface area (Å²) in [7, 11) is 1.59. The van der Waals surface area contributed by atoms with Gasteiger partial charge in [-0.2, -0.15) is 0 Å². The SMILES string of the molecule is COc1cc(C2CC(=O)C3=C(C2)Nc2ccccc2NC3c2ccc(O)c([N+](=O)[O-])c2)ccc1OC(C)C. The maximum absolute atomic E-state index is 13.8. The first-order valence-corrected chi connectivity index (χ1v) is 12.5. The standard InChI is InChI=1S/C29H29N3O6/c1-16(2)38-26-11-9-17(15-27(26)37-3)19-12-22-28(25(34)14-19)29(31-21-7-5-4-6-20(21)30-22)18-8-10-24(33)23(13-18)32(35)36/h4-11,13,15-16,19,29-31,33H,12,14H2,1-3H3. The zero-order valence-electron chi connectivity index (χ0n) is 21.4. The van der Waals surface area contributed by atoms with Gasteiger partial charge >= 0.3 is 5.69 Å². The van der Waals surface area contributed by atoms with E-state index in [9.17, 15) is 20.0 Å². The Morgan fingerprint density at radius 2 is 1.74 bits per heavy atom. The molecule has 0 spiro atoms. The van der Waals surface area contributed by atoms with Crippen LogP contribution in [0.25, 0.3) is 0 Å². The number of ether oxygens (including phenoxy) is 2. The minimum Gasteiger partial charge on any atom is -0.502 e. The zero-order valence-corrected chi connectivity index (χ0v) is 21.4. The Morgan fingerprint density at radius 3 is 2.45 bits per heavy atom. The molecular formula is C29H29N3O6. The quantitative estimate of drug-likeness (QED) is 0.267. The number of para-hydroxylation sites is 2. The van der Waals surface area contributed by atoms with Crippen LogP contribution in [0.3, 0.4) is 0 Å². The van der Waals surface area contributed by atoms with Crippen LogP contribution in [0.1, 0.15) is 49.8 Å². The number of fused-ring (bicyclic) bond motifs is 1. The molecule has 3 N–H and O–H groups in total. The van der Waals surface area contributed by atoms with E-state index in [1.54, 1.807) is 13.2 Å². The Kier molecular flexibility index (Phi) is 6.67. The molecule has 1 heterocycles. The maximum atomic E-state index is 13.8. The first kappa shape index (κ1) is 25.1. The third kappa shape index (κ3) is 4.74. The number of nitrogens with one attached hydrogen (secondary N) is 2. The van der Waals surface area contributed by atoms with Crippen LogP contribution in [0.2, 0.25) is 0 Å². The molecule has 1 aliphatic carbocycles. The number of aromatic hydroxyl groups is 1. The van der Waals surface area contributed by atoms with Gasteiger partial charge in [-0.3, -0.25) is 14.9 Å². The van der Waals surface area contributed by atoms with Crippen LogP contribution in [-0.2, 0) is 4.79 Å². The largest absolute Gasteiger partial charge is 0.502 e. The van der Waals surface area contributed by atoms with Gasteiger partial charge in [-0.25, -0.2) is 0 Å². The summed E-state index contributed by atoms with van der Waals surface area (Å²) in [6.07, 6.45) is 0.818. The number of carbonyl (C=O) groups is 1. The molecule has 2 aliphatic rings. The summed E-state index contributed by atoms with van der Waals surface area (Å²) in [6, 6.07) is 16.9. The molecule has 0 bridgehead atoms. The van der Waals surface area contributed by atoms with Crippen molar-refractivity contribution < 1.29 is 24.3 Å². The van der Waals surface area contributed by atoms with E-state index in [0.29, 0.717) is 29.1 Å². The van der Waals surface area contributed by atoms with Crippen LogP contribution in [0.15, 0.2) is 71.9 Å². The lowest BCUT2D eigenvalue weighted by atomic mass is 9.78. The Bertz CT molecular complexity index is 1450. The topological polar surface area (TPSA) is 123 Å². The molecule has 9 nitrogen and oxygen atoms in total. The van der Waals surface area contributed by atoms with Crippen molar-refractivity contribution >= 4 is 22.8 Å². The van der Waals surface area contributed by atoms with Gasteiger partial charge in [0.1, 0.15) is 0 Å². The predicted molar refractivity (Wildman–Crippen MR) is 144 cm³/mol. The fourth-order valence-electron chi connectivity index (χ4n) is 5.13. The predicted octanol–water partition coefficient (Wildman–Crippen LogP) is 6.08. The Hall–Kier alpha value is -4.53. The number of rotatable bonds is 6. The van der Waals surface area contributed by atoms with Crippen LogP contribution in [-0.4, -0.2) is 29.0 Å². The van der Waals surface area contributed by atoms with Crippen LogP contribution in [0.5, 0.6) is 17.2 Å². The van der Waals surface area contributed by atoms with E-state index in [2.05, 4.69) is 10.6 Å². The highest BCUT2D eigenvalue weighted by Gasteiger charge is 2.37. The fourth-order valence-corrected chi connectivity index (χ4v) is 5.13. The molecular weight excluding hydrogens is 486 g/mol. The minimum absolute atomic E-state index is 0.00543. The molecule has 196 valence electrons. The highest BCUT2D eigenvalue weighted by Crippen LogP contribution is 2.46. The van der Waals surface area contributed by atoms with Gasteiger partial charge in [0.05, 0.1) is 35.6 Å². The number of phenolic OH excluding ortho intramolecular Hbond substituents is 1. The van der Waals surface area contributed by atoms with E-state index in [-0.39, 0.29) is 24.2 Å². The molecule has 5 rings (SSSR count). The van der Waals surface area contributed by atoms with Gasteiger partial charge in [-0.1, -0.05) is 24.3 Å². The molecule has 0 aromatic heterocycles. The van der Waals surface area contributed by atoms with Crippen LogP contribution < -0.4 is 20.1 Å². The van der Waals surface area contributed by atoms with Crippen molar-refractivity contribution in [2.45, 2.75) is 44.8 Å². The van der Waals surface area contributed by atoms with Crippen LogP contribution in [0, 0.1) is 10.1 Å². The number of benzene rings is 3. The summed E-state index contributed by atoms with van der Waals surface area (Å²) in [4.78, 5) is 24.7. The van der Waals surface area contributed by atoms with Gasteiger partial charge in [-0.15, -0.1) is 0 Å². The van der Waals surface area contributed by atoms with E-state index in [4.69, 9.17) is 9.47 Å². The molecule has 0 fully saturated rings. The Labute approximate surface area is 220 Å². The number of allylic oxidation sites excluding steroid dienone is 1. The average Bonchev–Trinajstić information content (AvgIpc) is 3.05. The Morgan fingerprint density at radius 1 is 1.00 bits per heavy atom. The third-order valence-electron chi connectivity index (χ3n) is 6.86. The van der Waals surface area contributed by atoms with Crippen molar-refractivity contribution in [3.63, 3.8) is 0 Å². The number of methoxy groups -OCH3 is 1. The average molecular weight is 516 g/mol. The number of nitro groups is 1. The summed E-state index contributed by atoms with van der Waals surface area (Å²) in [5, 5.41) is 28.4. The number of carbonyl (C=O) groups excluding carboxylic acids is 1. The molecule has 1 aliphatic heterocycles. The normalized spacial score (nSPS) is 18.6. The molecule has 0 radical (unpaired) electrons. The first-order valence-electron chi connectivity index (χ1n) is 12.5. The number of hydrogen-bond donors (Lipinski definition) is 3. The molecule has 2 atom stereocenters. The zero-order chi connectivity index (χ0) is 27.0. The van der Waals surface area contributed by atoms with Crippen molar-refractivity contribution in [3.8, 4) is 17.2 Å². The lowest BCUT2D eigenvalue weighted by Crippen LogP contribution is -2.27. The van der Waals surface area contributed by atoms with Crippen molar-refractivity contribution in [2.75, 3.05) is 17.7 Å². The number of anilines is 2. The monoisotopic (exact) mass is 515 g/mol. The summed E-state index contributed by atoms with van der Waals surface area (Å²) in [6.45, 7) is 3.90. The summed E-state index contributed by atoms with van der Waals surface area (Å²) in [5.41, 5.74) is 3.93. The van der Waals surface area contributed by atoms with E-state index < -0.39 is 22.4 Å². The second-order valence-corrected chi connectivity index (χ2v) is 9.75. The van der Waals surface area contributed by atoms with Gasteiger partial charge in [0.15, 0.2) is 23.0 Å². The second kappa shape index (κ2) is 10.1. The maximum Gasteiger partial charge on any atom is 0.311 e. The Balaban J connectivity index is 1.57. The van der Waals surface area contributed by atoms with E-state index in [1.165, 1.54) is 12.1 Å². The molecule has 3 aromatic carbocycles. The van der Waals surface area contributed by atoms with Crippen molar-refractivity contribution in [1.29, 1.82) is 0 Å². The molecule has 38 heavy (non-hydrogen) atoms. The fraction of sp³-hybridized carbons (Fsp3) is 0.276. The highest BCUT2D eigenvalue weighted by atomic mass is 16.6. The lowest BCUT2D eigenvalue weighted by Gasteiger charge is -2.30. The first-order chi connectivity index (χ1) is 18.2. The second-order valence-electron chi connectivity index (χ2n) is 9.75. The number of nitro benzene ring substituents is 1. The molecule has 0 amide bonds. The van der Waals surface area contributed by atoms with E-state index >= 15 is 0 Å². The number of ketones is 1. The van der Waals surface area contributed by atoms with Gasteiger partial charge < -0.3 is 25.2 Å². The van der Waals surface area contributed by atoms with Gasteiger partial charge in [-0.05, 0) is 67.6 Å². The summed E-state index contributed by atoms with van der Waals surface area (Å²) >= 11 is 0. The molecule has 0 saturated carbocycles. The highest BCUT2D eigenvalue weighted by molar-refractivity contribution is 6.01. The number of Topliss-reactive ketones (excluding diaryl/α,β-unsaturated/α-hetero) is 1. The molecule has 2 unspecified atom stereocenters. The van der Waals surface area contributed by atoms with Crippen LogP contribution >= 0.6 is 0 Å². The lowest BCUT2D eigenvalue weighted by molar-refractivity contribution is -0.385. The minimum atomic E-state index is -0.634. The van der Waals surface area contributed by atoms with E-state index in [0.717, 1.165) is 22.6 Å². The van der Waals surface area contributed by atoms with Gasteiger partial charge in [0.25, 0.3) is 0 Å². The van der Waals surface area contributed by atoms with Crippen molar-refractivity contribution in [2.24, 2.45) is 0 Å². The van der Waals surface area contributed by atoms with Crippen LogP contribution in [0.4, 0.5) is 17.1 Å². The van der Waals surface area contributed by atoms with E-state index in [1.807, 2.05) is 56.3 Å². The van der Waals surface area contributed by atoms with Crippen molar-refractivity contribution in [3.05, 3.63) is 93.2 Å². The molecule has 9 heteroatoms. The third-order valence-corrected chi connectivity index (χ3v) is 6.86. The van der Waals surface area contributed by atoms with Gasteiger partial charge in [0, 0.05) is 23.8 Å². The number of phenols is 1. The molecule has 0 saturated heterocycles. The summed E-state index contributed by atoms with van der Waals surface area (Å²) < 4.78 is 11.4.